The first-order chi connectivity index (χ1) is 8.74. The molecule has 0 radical (unpaired) electrons. The monoisotopic (exact) mass is 244 g/mol. The number of hydrogen-bond donors (Lipinski definition) is 1. The van der Waals surface area contributed by atoms with Gasteiger partial charge in [-0.3, -0.25) is 0 Å². The van der Waals surface area contributed by atoms with E-state index in [0.29, 0.717) is 23.6 Å². The average molecular weight is 244 g/mol. The first kappa shape index (κ1) is 12.1. The van der Waals surface area contributed by atoms with Gasteiger partial charge in [-0.1, -0.05) is 6.07 Å². The van der Waals surface area contributed by atoms with Crippen molar-refractivity contribution in [1.82, 2.24) is 9.55 Å². The summed E-state index contributed by atoms with van der Waals surface area (Å²) < 4.78 is 15.6. The van der Waals surface area contributed by atoms with Gasteiger partial charge in [0, 0.05) is 31.0 Å². The first-order valence-corrected chi connectivity index (χ1v) is 5.68. The summed E-state index contributed by atoms with van der Waals surface area (Å²) in [7, 11) is 0. The van der Waals surface area contributed by atoms with Crippen LogP contribution < -0.4 is 5.32 Å². The van der Waals surface area contributed by atoms with Crippen LogP contribution in [-0.2, 0) is 13.1 Å². The van der Waals surface area contributed by atoms with Gasteiger partial charge >= 0.3 is 0 Å². The highest BCUT2D eigenvalue weighted by molar-refractivity contribution is 5.35. The lowest BCUT2D eigenvalue weighted by Crippen LogP contribution is -2.07. The van der Waals surface area contributed by atoms with Crippen LogP contribution in [0.2, 0.25) is 0 Å². The maximum Gasteiger partial charge on any atom is 0.203 e. The number of nitriles is 1. The van der Waals surface area contributed by atoms with E-state index >= 15 is 0 Å². The number of halogens is 1. The maximum absolute atomic E-state index is 13.6. The molecule has 92 valence electrons. The summed E-state index contributed by atoms with van der Waals surface area (Å²) >= 11 is 0. The molecule has 0 saturated carbocycles. The molecule has 0 unspecified atom stereocenters. The molecular formula is C13H13FN4. The normalized spacial score (nSPS) is 10.1. The van der Waals surface area contributed by atoms with Crippen molar-refractivity contribution in [3.8, 4) is 6.07 Å². The summed E-state index contributed by atoms with van der Waals surface area (Å²) in [6.07, 6.45) is 3.55. The van der Waals surface area contributed by atoms with Gasteiger partial charge in [0.15, 0.2) is 0 Å². The zero-order chi connectivity index (χ0) is 13.0. The van der Waals surface area contributed by atoms with Crippen LogP contribution in [0.15, 0.2) is 30.6 Å². The van der Waals surface area contributed by atoms with Crippen molar-refractivity contribution in [2.75, 3.05) is 5.32 Å². The Labute approximate surface area is 105 Å². The van der Waals surface area contributed by atoms with E-state index in [9.17, 15) is 4.39 Å². The van der Waals surface area contributed by atoms with Crippen LogP contribution in [0.5, 0.6) is 0 Å². The molecular weight excluding hydrogens is 231 g/mol. The average Bonchev–Trinajstić information content (AvgIpc) is 2.84. The van der Waals surface area contributed by atoms with E-state index < -0.39 is 0 Å². The number of nitrogens with zero attached hydrogens (tertiary/aromatic N) is 3. The predicted molar refractivity (Wildman–Crippen MR) is 66.3 cm³/mol. The van der Waals surface area contributed by atoms with E-state index in [-0.39, 0.29) is 5.82 Å². The van der Waals surface area contributed by atoms with Crippen LogP contribution in [-0.4, -0.2) is 9.55 Å². The Morgan fingerprint density at radius 1 is 1.50 bits per heavy atom. The van der Waals surface area contributed by atoms with E-state index in [1.165, 1.54) is 6.07 Å². The SMILES string of the molecule is CCn1ccnc1NCc1ccc(C#N)cc1F. The molecule has 4 nitrogen and oxygen atoms in total. The van der Waals surface area contributed by atoms with Crippen molar-refractivity contribution in [3.05, 3.63) is 47.5 Å². The van der Waals surface area contributed by atoms with Crippen molar-refractivity contribution in [2.24, 2.45) is 0 Å². The van der Waals surface area contributed by atoms with Crippen molar-refractivity contribution in [3.63, 3.8) is 0 Å². The molecule has 0 aliphatic rings. The minimum absolute atomic E-state index is 0.325. The Morgan fingerprint density at radius 2 is 2.33 bits per heavy atom. The van der Waals surface area contributed by atoms with Gasteiger partial charge < -0.3 is 9.88 Å². The van der Waals surface area contributed by atoms with Gasteiger partial charge in [-0.05, 0) is 19.1 Å². The van der Waals surface area contributed by atoms with Crippen molar-refractivity contribution >= 4 is 5.95 Å². The molecule has 18 heavy (non-hydrogen) atoms. The summed E-state index contributed by atoms with van der Waals surface area (Å²) in [5.74, 6) is 0.331. The van der Waals surface area contributed by atoms with E-state index in [1.54, 1.807) is 18.3 Å². The van der Waals surface area contributed by atoms with Crippen LogP contribution in [0.25, 0.3) is 0 Å². The van der Waals surface area contributed by atoms with Crippen LogP contribution in [0, 0.1) is 17.1 Å². The summed E-state index contributed by atoms with van der Waals surface area (Å²) in [5.41, 5.74) is 0.839. The number of imidazole rings is 1. The van der Waals surface area contributed by atoms with Crippen LogP contribution in [0.3, 0.4) is 0 Å². The number of benzene rings is 1. The van der Waals surface area contributed by atoms with Crippen molar-refractivity contribution in [2.45, 2.75) is 20.0 Å². The fraction of sp³-hybridized carbons (Fsp3) is 0.231. The molecule has 0 aliphatic heterocycles. The Hall–Kier alpha value is -2.35. The summed E-state index contributed by atoms with van der Waals surface area (Å²) in [5, 5.41) is 11.7. The minimum Gasteiger partial charge on any atom is -0.351 e. The lowest BCUT2D eigenvalue weighted by molar-refractivity contribution is 0.611. The Balaban J connectivity index is 2.09. The molecule has 0 aliphatic carbocycles. The van der Waals surface area contributed by atoms with Crippen LogP contribution in [0.4, 0.5) is 10.3 Å². The molecule has 0 fully saturated rings. The van der Waals surface area contributed by atoms with Gasteiger partial charge in [-0.2, -0.15) is 5.26 Å². The molecule has 1 aromatic carbocycles. The van der Waals surface area contributed by atoms with E-state index in [0.717, 1.165) is 6.54 Å². The number of nitrogens with one attached hydrogen (secondary N) is 1. The van der Waals surface area contributed by atoms with Gasteiger partial charge in [0.05, 0.1) is 11.6 Å². The molecule has 1 N–H and O–H groups in total. The zero-order valence-corrected chi connectivity index (χ0v) is 10.0. The van der Waals surface area contributed by atoms with Gasteiger partial charge in [-0.15, -0.1) is 0 Å². The Morgan fingerprint density at radius 3 is 3.00 bits per heavy atom. The molecule has 0 bridgehead atoms. The second kappa shape index (κ2) is 5.32. The molecule has 1 aromatic heterocycles. The molecule has 2 aromatic rings. The molecule has 2 rings (SSSR count). The third kappa shape index (κ3) is 2.48. The summed E-state index contributed by atoms with van der Waals surface area (Å²) in [6.45, 7) is 3.15. The third-order valence-corrected chi connectivity index (χ3v) is 2.68. The molecule has 0 saturated heterocycles. The lowest BCUT2D eigenvalue weighted by atomic mass is 10.1. The molecule has 0 atom stereocenters. The molecule has 0 amide bonds. The number of aryl methyl sites for hydroxylation is 1. The third-order valence-electron chi connectivity index (χ3n) is 2.68. The van der Waals surface area contributed by atoms with Gasteiger partial charge in [0.1, 0.15) is 5.82 Å². The smallest absolute Gasteiger partial charge is 0.203 e. The highest BCUT2D eigenvalue weighted by atomic mass is 19.1. The Bertz CT molecular complexity index is 583. The number of rotatable bonds is 4. The molecule has 5 heteroatoms. The Kier molecular flexibility index (Phi) is 3.58. The highest BCUT2D eigenvalue weighted by Gasteiger charge is 2.05. The lowest BCUT2D eigenvalue weighted by Gasteiger charge is -2.08. The topological polar surface area (TPSA) is 53.6 Å². The molecule has 1 heterocycles. The quantitative estimate of drug-likeness (QED) is 0.899. The number of anilines is 1. The zero-order valence-electron chi connectivity index (χ0n) is 10.0. The van der Waals surface area contributed by atoms with Gasteiger partial charge in [0.2, 0.25) is 5.95 Å². The van der Waals surface area contributed by atoms with Crippen molar-refractivity contribution < 1.29 is 4.39 Å². The second-order valence-electron chi connectivity index (χ2n) is 3.81. The fourth-order valence-corrected chi connectivity index (χ4v) is 1.67. The first-order valence-electron chi connectivity index (χ1n) is 5.68. The number of aromatic nitrogens is 2. The minimum atomic E-state index is -0.379. The highest BCUT2D eigenvalue weighted by Crippen LogP contribution is 2.12. The van der Waals surface area contributed by atoms with E-state index in [2.05, 4.69) is 10.3 Å². The van der Waals surface area contributed by atoms with Crippen LogP contribution in [0.1, 0.15) is 18.1 Å². The van der Waals surface area contributed by atoms with E-state index in [4.69, 9.17) is 5.26 Å². The van der Waals surface area contributed by atoms with Crippen molar-refractivity contribution in [1.29, 1.82) is 5.26 Å². The standard InChI is InChI=1S/C13H13FN4/c1-2-18-6-5-16-13(18)17-9-11-4-3-10(8-15)7-12(11)14/h3-7H,2,9H2,1H3,(H,16,17). The summed E-state index contributed by atoms with van der Waals surface area (Å²) in [6, 6.07) is 6.36. The second-order valence-corrected chi connectivity index (χ2v) is 3.81. The van der Waals surface area contributed by atoms with Gasteiger partial charge in [0.25, 0.3) is 0 Å². The van der Waals surface area contributed by atoms with Gasteiger partial charge in [-0.25, -0.2) is 9.37 Å². The summed E-state index contributed by atoms with van der Waals surface area (Å²) in [4.78, 5) is 4.14. The van der Waals surface area contributed by atoms with E-state index in [1.807, 2.05) is 23.8 Å². The van der Waals surface area contributed by atoms with Crippen LogP contribution >= 0.6 is 0 Å². The number of hydrogen-bond acceptors (Lipinski definition) is 3. The molecule has 0 spiro atoms. The fourth-order valence-electron chi connectivity index (χ4n) is 1.67. The largest absolute Gasteiger partial charge is 0.351 e. The maximum atomic E-state index is 13.6. The predicted octanol–water partition coefficient (Wildman–Crippen LogP) is 2.53.